The van der Waals surface area contributed by atoms with Crippen LogP contribution in [0.3, 0.4) is 0 Å². The van der Waals surface area contributed by atoms with Crippen molar-refractivity contribution in [3.63, 3.8) is 0 Å². The van der Waals surface area contributed by atoms with Crippen molar-refractivity contribution in [3.8, 4) is 0 Å². The van der Waals surface area contributed by atoms with E-state index in [0.717, 1.165) is 25.6 Å². The van der Waals surface area contributed by atoms with E-state index >= 15 is 0 Å². The summed E-state index contributed by atoms with van der Waals surface area (Å²) < 4.78 is 2.10. The first kappa shape index (κ1) is 21.1. The van der Waals surface area contributed by atoms with Gasteiger partial charge in [-0.25, -0.2) is 0 Å². The first-order valence-corrected chi connectivity index (χ1v) is 11.0. The Kier molecular flexibility index (Phi) is 7.69. The molecule has 4 heteroatoms. The first-order valence-electron chi connectivity index (χ1n) is 11.0. The monoisotopic (exact) mass is 382 g/mol. The van der Waals surface area contributed by atoms with Gasteiger partial charge < -0.3 is 10.2 Å². The van der Waals surface area contributed by atoms with Crippen LogP contribution in [0.5, 0.6) is 0 Å². The fourth-order valence-corrected chi connectivity index (χ4v) is 4.55. The summed E-state index contributed by atoms with van der Waals surface area (Å²) in [6.07, 6.45) is 6.41. The van der Waals surface area contributed by atoms with E-state index in [1.165, 1.54) is 49.1 Å². The van der Waals surface area contributed by atoms with E-state index in [4.69, 9.17) is 5.10 Å². The molecule has 4 nitrogen and oxygen atoms in total. The molecule has 0 radical (unpaired) electrons. The Morgan fingerprint density at radius 1 is 1.18 bits per heavy atom. The Bertz CT molecular complexity index is 701. The molecule has 0 amide bonds. The highest BCUT2D eigenvalue weighted by Crippen LogP contribution is 2.35. The summed E-state index contributed by atoms with van der Waals surface area (Å²) in [6, 6.07) is 13.2. The maximum Gasteiger partial charge on any atom is 0.0658 e. The predicted octanol–water partition coefficient (Wildman–Crippen LogP) is 4.54. The molecular formula is C24H38N4. The SMILES string of the molecule is CNCC1CCC(c2cc(CN(C)CCC(C)c3ccccc3)n(C)n2)CC1. The predicted molar refractivity (Wildman–Crippen MR) is 118 cm³/mol. The van der Waals surface area contributed by atoms with Crippen molar-refractivity contribution in [1.29, 1.82) is 0 Å². The van der Waals surface area contributed by atoms with Gasteiger partial charge in [-0.05, 0) is 82.8 Å². The molecule has 1 aliphatic carbocycles. The molecule has 2 aromatic rings. The molecule has 1 aromatic heterocycles. The topological polar surface area (TPSA) is 33.1 Å². The zero-order valence-corrected chi connectivity index (χ0v) is 18.2. The molecule has 1 aromatic carbocycles. The van der Waals surface area contributed by atoms with Gasteiger partial charge in [0, 0.05) is 19.5 Å². The van der Waals surface area contributed by atoms with Crippen LogP contribution in [-0.2, 0) is 13.6 Å². The van der Waals surface area contributed by atoms with Crippen LogP contribution in [0.25, 0.3) is 0 Å². The highest BCUT2D eigenvalue weighted by molar-refractivity contribution is 5.19. The summed E-state index contributed by atoms with van der Waals surface area (Å²) in [5.74, 6) is 2.09. The number of nitrogens with zero attached hydrogens (tertiary/aromatic N) is 3. The molecule has 0 bridgehead atoms. The number of hydrogen-bond donors (Lipinski definition) is 1. The quantitative estimate of drug-likeness (QED) is 0.691. The third kappa shape index (κ3) is 5.68. The second-order valence-electron chi connectivity index (χ2n) is 8.80. The lowest BCUT2D eigenvalue weighted by molar-refractivity contribution is 0.305. The molecule has 154 valence electrons. The molecule has 1 atom stereocenters. The van der Waals surface area contributed by atoms with Crippen molar-refractivity contribution >= 4 is 0 Å². The Hall–Kier alpha value is -1.65. The van der Waals surface area contributed by atoms with Crippen LogP contribution in [0, 0.1) is 5.92 Å². The van der Waals surface area contributed by atoms with Crippen molar-refractivity contribution in [2.45, 2.75) is 57.4 Å². The Morgan fingerprint density at radius 2 is 1.89 bits per heavy atom. The first-order chi connectivity index (χ1) is 13.6. The van der Waals surface area contributed by atoms with E-state index in [1.807, 2.05) is 0 Å². The van der Waals surface area contributed by atoms with Gasteiger partial charge in [0.05, 0.1) is 11.4 Å². The molecule has 0 spiro atoms. The van der Waals surface area contributed by atoms with Gasteiger partial charge in [0.1, 0.15) is 0 Å². The molecule has 1 unspecified atom stereocenters. The van der Waals surface area contributed by atoms with E-state index in [1.54, 1.807) is 0 Å². The molecule has 1 fully saturated rings. The number of hydrogen-bond acceptors (Lipinski definition) is 3. The van der Waals surface area contributed by atoms with Gasteiger partial charge in [-0.3, -0.25) is 4.68 Å². The van der Waals surface area contributed by atoms with Crippen molar-refractivity contribution < 1.29 is 0 Å². The van der Waals surface area contributed by atoms with Crippen LogP contribution in [0.1, 0.15) is 67.8 Å². The molecule has 1 N–H and O–H groups in total. The molecule has 0 saturated heterocycles. The van der Waals surface area contributed by atoms with Crippen LogP contribution in [0.15, 0.2) is 36.4 Å². The molecule has 1 saturated carbocycles. The average Bonchev–Trinajstić information content (AvgIpc) is 3.08. The minimum absolute atomic E-state index is 0.596. The Labute approximate surface area is 171 Å². The second-order valence-corrected chi connectivity index (χ2v) is 8.80. The van der Waals surface area contributed by atoms with Crippen molar-refractivity contribution in [2.75, 3.05) is 27.2 Å². The van der Waals surface area contributed by atoms with Crippen LogP contribution in [-0.4, -0.2) is 41.9 Å². The number of aryl methyl sites for hydroxylation is 1. The average molecular weight is 383 g/mol. The van der Waals surface area contributed by atoms with Crippen LogP contribution in [0.4, 0.5) is 0 Å². The molecule has 28 heavy (non-hydrogen) atoms. The fourth-order valence-electron chi connectivity index (χ4n) is 4.55. The smallest absolute Gasteiger partial charge is 0.0658 e. The lowest BCUT2D eigenvalue weighted by atomic mass is 9.80. The van der Waals surface area contributed by atoms with Crippen LogP contribution < -0.4 is 5.32 Å². The van der Waals surface area contributed by atoms with E-state index in [2.05, 4.69) is 79.4 Å². The minimum atomic E-state index is 0.596. The van der Waals surface area contributed by atoms with Gasteiger partial charge in [0.2, 0.25) is 0 Å². The molecule has 1 aliphatic rings. The summed E-state index contributed by atoms with van der Waals surface area (Å²) in [5.41, 5.74) is 4.08. The largest absolute Gasteiger partial charge is 0.319 e. The summed E-state index contributed by atoms with van der Waals surface area (Å²) in [4.78, 5) is 2.43. The zero-order valence-electron chi connectivity index (χ0n) is 18.2. The van der Waals surface area contributed by atoms with E-state index in [9.17, 15) is 0 Å². The van der Waals surface area contributed by atoms with Gasteiger partial charge in [-0.15, -0.1) is 0 Å². The summed E-state index contributed by atoms with van der Waals surface area (Å²) >= 11 is 0. The van der Waals surface area contributed by atoms with Crippen molar-refractivity contribution in [2.24, 2.45) is 13.0 Å². The normalized spacial score (nSPS) is 21.2. The Balaban J connectivity index is 1.49. The van der Waals surface area contributed by atoms with Gasteiger partial charge in [-0.2, -0.15) is 5.10 Å². The molecule has 1 heterocycles. The third-order valence-electron chi connectivity index (χ3n) is 6.50. The number of nitrogens with one attached hydrogen (secondary N) is 1. The maximum atomic E-state index is 4.88. The van der Waals surface area contributed by atoms with Crippen molar-refractivity contribution in [3.05, 3.63) is 53.3 Å². The lowest BCUT2D eigenvalue weighted by Gasteiger charge is -2.27. The second kappa shape index (κ2) is 10.2. The lowest BCUT2D eigenvalue weighted by Crippen LogP contribution is -2.23. The van der Waals surface area contributed by atoms with E-state index < -0.39 is 0 Å². The fraction of sp³-hybridized carbons (Fsp3) is 0.625. The summed E-state index contributed by atoms with van der Waals surface area (Å²) in [5, 5.41) is 8.21. The maximum absolute atomic E-state index is 4.88. The summed E-state index contributed by atoms with van der Waals surface area (Å²) in [6.45, 7) is 5.56. The van der Waals surface area contributed by atoms with E-state index in [-0.39, 0.29) is 0 Å². The number of rotatable bonds is 9. The zero-order chi connectivity index (χ0) is 19.9. The highest BCUT2D eigenvalue weighted by atomic mass is 15.3. The van der Waals surface area contributed by atoms with Gasteiger partial charge >= 0.3 is 0 Å². The minimum Gasteiger partial charge on any atom is -0.319 e. The molecule has 0 aliphatic heterocycles. The summed E-state index contributed by atoms with van der Waals surface area (Å²) in [7, 11) is 6.40. The molecular weight excluding hydrogens is 344 g/mol. The molecule has 3 rings (SSSR count). The number of aromatic nitrogens is 2. The van der Waals surface area contributed by atoms with Crippen LogP contribution in [0.2, 0.25) is 0 Å². The van der Waals surface area contributed by atoms with Gasteiger partial charge in [0.25, 0.3) is 0 Å². The number of benzene rings is 1. The highest BCUT2D eigenvalue weighted by Gasteiger charge is 2.24. The van der Waals surface area contributed by atoms with Crippen LogP contribution >= 0.6 is 0 Å². The van der Waals surface area contributed by atoms with E-state index in [0.29, 0.717) is 11.8 Å². The standard InChI is InChI=1S/C24H38N4/c1-19(21-8-6-5-7-9-21)14-15-27(3)18-23-16-24(26-28(23)4)22-12-10-20(11-13-22)17-25-2/h5-9,16,19-20,22,25H,10-15,17-18H2,1-4H3. The van der Waals surface area contributed by atoms with Gasteiger partial charge in [0.15, 0.2) is 0 Å². The van der Waals surface area contributed by atoms with Crippen molar-refractivity contribution in [1.82, 2.24) is 20.0 Å². The van der Waals surface area contributed by atoms with Gasteiger partial charge in [-0.1, -0.05) is 37.3 Å². The Morgan fingerprint density at radius 3 is 2.57 bits per heavy atom. The third-order valence-corrected chi connectivity index (χ3v) is 6.50.